The monoisotopic (exact) mass is 335 g/mol. The van der Waals surface area contributed by atoms with Gasteiger partial charge in [0, 0.05) is 4.47 Å². The summed E-state index contributed by atoms with van der Waals surface area (Å²) >= 11 is 3.10. The van der Waals surface area contributed by atoms with Crippen LogP contribution in [0.4, 0.5) is 8.78 Å². The lowest BCUT2D eigenvalue weighted by atomic mass is 9.91. The van der Waals surface area contributed by atoms with Crippen molar-refractivity contribution < 1.29 is 13.6 Å². The van der Waals surface area contributed by atoms with Gasteiger partial charge in [-0.25, -0.2) is 8.78 Å². The summed E-state index contributed by atoms with van der Waals surface area (Å²) in [6.07, 6.45) is 0. The van der Waals surface area contributed by atoms with Crippen LogP contribution in [0, 0.1) is 23.0 Å². The Balaban J connectivity index is 2.45. The van der Waals surface area contributed by atoms with Crippen molar-refractivity contribution >= 4 is 21.7 Å². The van der Waals surface area contributed by atoms with Gasteiger partial charge >= 0.3 is 0 Å². The number of ketones is 1. The van der Waals surface area contributed by atoms with Gasteiger partial charge < -0.3 is 0 Å². The highest BCUT2D eigenvalue weighted by Crippen LogP contribution is 2.27. The number of carbonyl (C=O) groups excluding carboxylic acids is 1. The van der Waals surface area contributed by atoms with Gasteiger partial charge in [-0.05, 0) is 45.8 Å². The molecule has 2 aromatic rings. The van der Waals surface area contributed by atoms with Crippen LogP contribution in [0.15, 0.2) is 46.9 Å². The SMILES string of the molecule is N#CC(C(=O)c1c(F)cccc1Br)c1ccc(F)cc1. The van der Waals surface area contributed by atoms with Crippen LogP contribution < -0.4 is 0 Å². The van der Waals surface area contributed by atoms with E-state index < -0.39 is 23.3 Å². The number of nitrogens with zero attached hydrogens (tertiary/aromatic N) is 1. The van der Waals surface area contributed by atoms with Gasteiger partial charge in [-0.15, -0.1) is 0 Å². The molecule has 20 heavy (non-hydrogen) atoms. The maximum atomic E-state index is 13.8. The van der Waals surface area contributed by atoms with Gasteiger partial charge in [-0.2, -0.15) is 5.26 Å². The second-order valence-electron chi connectivity index (χ2n) is 4.07. The fraction of sp³-hybridized carbons (Fsp3) is 0.0667. The first-order chi connectivity index (χ1) is 9.54. The second-order valence-corrected chi connectivity index (χ2v) is 4.93. The third-order valence-electron chi connectivity index (χ3n) is 2.80. The number of hydrogen-bond donors (Lipinski definition) is 0. The minimum atomic E-state index is -1.18. The van der Waals surface area contributed by atoms with Crippen molar-refractivity contribution in [2.75, 3.05) is 0 Å². The molecule has 0 saturated carbocycles. The van der Waals surface area contributed by atoms with Gasteiger partial charge in [0.2, 0.25) is 0 Å². The summed E-state index contributed by atoms with van der Waals surface area (Å²) in [5.74, 6) is -3.01. The Bertz CT molecular complexity index is 672. The standard InChI is InChI=1S/C15H8BrF2NO/c16-12-2-1-3-13(18)14(12)15(20)11(8-19)9-4-6-10(17)7-5-9/h1-7,11H. The Kier molecular flexibility index (Phi) is 4.26. The molecule has 0 radical (unpaired) electrons. The summed E-state index contributed by atoms with van der Waals surface area (Å²) in [6.45, 7) is 0. The summed E-state index contributed by atoms with van der Waals surface area (Å²) in [5, 5.41) is 9.16. The van der Waals surface area contributed by atoms with E-state index in [1.54, 1.807) is 0 Å². The number of halogens is 3. The van der Waals surface area contributed by atoms with Crippen LogP contribution in [-0.4, -0.2) is 5.78 Å². The molecule has 0 bridgehead atoms. The van der Waals surface area contributed by atoms with Crippen molar-refractivity contribution in [1.82, 2.24) is 0 Å². The Morgan fingerprint density at radius 2 is 1.80 bits per heavy atom. The molecule has 2 nitrogen and oxygen atoms in total. The third kappa shape index (κ3) is 2.75. The number of carbonyl (C=O) groups is 1. The summed E-state index contributed by atoms with van der Waals surface area (Å²) in [7, 11) is 0. The first kappa shape index (κ1) is 14.4. The molecule has 0 aromatic heterocycles. The topological polar surface area (TPSA) is 40.9 Å². The molecule has 0 amide bonds. The van der Waals surface area contributed by atoms with E-state index >= 15 is 0 Å². The van der Waals surface area contributed by atoms with Crippen LogP contribution in [0.2, 0.25) is 0 Å². The maximum absolute atomic E-state index is 13.8. The molecule has 5 heteroatoms. The lowest BCUT2D eigenvalue weighted by Gasteiger charge is -2.10. The molecule has 0 N–H and O–H groups in total. The lowest BCUT2D eigenvalue weighted by Crippen LogP contribution is -2.13. The highest BCUT2D eigenvalue weighted by Gasteiger charge is 2.26. The molecule has 0 heterocycles. The molecule has 100 valence electrons. The number of benzene rings is 2. The second kappa shape index (κ2) is 5.93. The fourth-order valence-corrected chi connectivity index (χ4v) is 2.35. The Hall–Kier alpha value is -2.06. The molecule has 2 rings (SSSR count). The van der Waals surface area contributed by atoms with E-state index in [9.17, 15) is 13.6 Å². The Labute approximate surface area is 122 Å². The van der Waals surface area contributed by atoms with Crippen LogP contribution in [0.3, 0.4) is 0 Å². The summed E-state index contributed by atoms with van der Waals surface area (Å²) in [4.78, 5) is 12.3. The van der Waals surface area contributed by atoms with E-state index in [0.29, 0.717) is 5.56 Å². The minimum Gasteiger partial charge on any atom is -0.292 e. The molecule has 1 unspecified atom stereocenters. The quantitative estimate of drug-likeness (QED) is 0.788. The van der Waals surface area contributed by atoms with E-state index in [1.807, 2.05) is 6.07 Å². The van der Waals surface area contributed by atoms with Gasteiger partial charge in [0.1, 0.15) is 17.6 Å². The van der Waals surface area contributed by atoms with Crippen molar-refractivity contribution in [1.29, 1.82) is 5.26 Å². The summed E-state index contributed by atoms with van der Waals surface area (Å²) in [5.41, 5.74) is 0.150. The Morgan fingerprint density at radius 1 is 1.15 bits per heavy atom. The van der Waals surface area contributed by atoms with Crippen LogP contribution in [0.5, 0.6) is 0 Å². The number of rotatable bonds is 3. The molecule has 0 aliphatic heterocycles. The molecule has 0 aliphatic rings. The molecule has 0 saturated heterocycles. The first-order valence-electron chi connectivity index (χ1n) is 5.68. The first-order valence-corrected chi connectivity index (χ1v) is 6.47. The summed E-state index contributed by atoms with van der Waals surface area (Å²) in [6, 6.07) is 11.0. The van der Waals surface area contributed by atoms with Crippen molar-refractivity contribution in [3.8, 4) is 6.07 Å². The highest BCUT2D eigenvalue weighted by atomic mass is 79.9. The van der Waals surface area contributed by atoms with Gasteiger partial charge in [0.05, 0.1) is 11.6 Å². The molecule has 2 aromatic carbocycles. The van der Waals surface area contributed by atoms with Crippen LogP contribution in [0.25, 0.3) is 0 Å². The molecular formula is C15H8BrF2NO. The van der Waals surface area contributed by atoms with E-state index in [1.165, 1.54) is 24.3 Å². The number of nitriles is 1. The zero-order chi connectivity index (χ0) is 14.7. The van der Waals surface area contributed by atoms with Crippen LogP contribution in [0.1, 0.15) is 21.8 Å². The fourth-order valence-electron chi connectivity index (χ4n) is 1.82. The van der Waals surface area contributed by atoms with E-state index in [4.69, 9.17) is 5.26 Å². The van der Waals surface area contributed by atoms with Crippen molar-refractivity contribution in [3.63, 3.8) is 0 Å². The molecule has 0 aliphatic carbocycles. The van der Waals surface area contributed by atoms with Crippen LogP contribution >= 0.6 is 15.9 Å². The minimum absolute atomic E-state index is 0.177. The molecule has 0 spiro atoms. The normalized spacial score (nSPS) is 11.7. The average Bonchev–Trinajstić information content (AvgIpc) is 2.41. The average molecular weight is 336 g/mol. The number of Topliss-reactive ketones (excluding diaryl/α,β-unsaturated/α-hetero) is 1. The zero-order valence-corrected chi connectivity index (χ0v) is 11.7. The largest absolute Gasteiger partial charge is 0.292 e. The van der Waals surface area contributed by atoms with Crippen molar-refractivity contribution in [2.45, 2.75) is 5.92 Å². The maximum Gasteiger partial charge on any atom is 0.188 e. The smallest absolute Gasteiger partial charge is 0.188 e. The zero-order valence-electron chi connectivity index (χ0n) is 10.1. The summed E-state index contributed by atoms with van der Waals surface area (Å²) < 4.78 is 26.9. The highest BCUT2D eigenvalue weighted by molar-refractivity contribution is 9.10. The van der Waals surface area contributed by atoms with Gasteiger partial charge in [-0.3, -0.25) is 4.79 Å². The Morgan fingerprint density at radius 3 is 2.35 bits per heavy atom. The predicted octanol–water partition coefficient (Wildman–Crippen LogP) is 4.22. The van der Waals surface area contributed by atoms with Gasteiger partial charge in [0.25, 0.3) is 0 Å². The van der Waals surface area contributed by atoms with Gasteiger partial charge in [0.15, 0.2) is 5.78 Å². The number of hydrogen-bond acceptors (Lipinski definition) is 2. The van der Waals surface area contributed by atoms with Gasteiger partial charge in [-0.1, -0.05) is 18.2 Å². The third-order valence-corrected chi connectivity index (χ3v) is 3.46. The van der Waals surface area contributed by atoms with E-state index in [-0.39, 0.29) is 10.0 Å². The predicted molar refractivity (Wildman–Crippen MR) is 73.2 cm³/mol. The van der Waals surface area contributed by atoms with Crippen molar-refractivity contribution in [3.05, 3.63) is 69.7 Å². The van der Waals surface area contributed by atoms with E-state index in [0.717, 1.165) is 18.2 Å². The molecule has 0 fully saturated rings. The molecular weight excluding hydrogens is 328 g/mol. The lowest BCUT2D eigenvalue weighted by molar-refractivity contribution is 0.0974. The molecule has 1 atom stereocenters. The van der Waals surface area contributed by atoms with E-state index in [2.05, 4.69) is 15.9 Å². The van der Waals surface area contributed by atoms with Crippen molar-refractivity contribution in [2.24, 2.45) is 0 Å². The van der Waals surface area contributed by atoms with Crippen LogP contribution in [-0.2, 0) is 0 Å².